The molecule has 608 valence electrons. The molecule has 0 aromatic rings. The van der Waals surface area contributed by atoms with Gasteiger partial charge in [-0.15, -0.1) is 0 Å². The fourth-order valence-electron chi connectivity index (χ4n) is 8.87. The van der Waals surface area contributed by atoms with Crippen LogP contribution in [0.5, 0.6) is 0 Å². The third-order valence-electron chi connectivity index (χ3n) is 14.2. The summed E-state index contributed by atoms with van der Waals surface area (Å²) in [6.07, 6.45) is 3.89. The fraction of sp³-hybridized carbons (Fsp3) is 0.842. The summed E-state index contributed by atoms with van der Waals surface area (Å²) in [6.45, 7) is 59.7. The van der Waals surface area contributed by atoms with Crippen LogP contribution in [0, 0.1) is 0 Å². The van der Waals surface area contributed by atoms with E-state index in [2.05, 4.69) is 42.5 Å². The van der Waals surface area contributed by atoms with Crippen molar-refractivity contribution in [1.82, 2.24) is 42.5 Å². The molecule has 0 aliphatic rings. The van der Waals surface area contributed by atoms with Gasteiger partial charge in [0.1, 0.15) is 22.4 Å². The molecule has 0 saturated carbocycles. The van der Waals surface area contributed by atoms with Crippen LogP contribution >= 0.6 is 0 Å². The molecule has 28 heteroatoms. The number of esters is 4. The molecule has 0 radical (unpaired) electrons. The van der Waals surface area contributed by atoms with E-state index in [1.165, 1.54) is 0 Å². The molecule has 0 bridgehead atoms. The summed E-state index contributed by atoms with van der Waals surface area (Å²) in [6, 6.07) is 0. The van der Waals surface area contributed by atoms with E-state index in [0.717, 1.165) is 0 Å². The van der Waals surface area contributed by atoms with Gasteiger partial charge in [0.15, 0.2) is 0 Å². The lowest BCUT2D eigenvalue weighted by Gasteiger charge is -2.30. The normalized spacial score (nSPS) is 12.3. The highest BCUT2D eigenvalue weighted by molar-refractivity contribution is 5.80. The molecule has 0 rings (SSSR count). The Hall–Kier alpha value is -7.16. The minimum Gasteiger partial charge on any atom is -0.466 e. The first-order valence-corrected chi connectivity index (χ1v) is 36.5. The number of ether oxygens (including phenoxy) is 8. The molecule has 0 fully saturated rings. The monoisotopic (exact) mass is 1490 g/mol. The van der Waals surface area contributed by atoms with Crippen molar-refractivity contribution in [2.75, 3.05) is 26.4 Å². The molecule has 28 nitrogen and oxygen atoms in total. The summed E-state index contributed by atoms with van der Waals surface area (Å²) < 4.78 is 40.6. The Morgan fingerprint density at radius 3 is 0.452 bits per heavy atom. The van der Waals surface area contributed by atoms with Crippen molar-refractivity contribution in [2.45, 2.75) is 391 Å². The van der Waals surface area contributed by atoms with Gasteiger partial charge in [0, 0.05) is 95.7 Å². The van der Waals surface area contributed by atoms with Gasteiger partial charge in [-0.2, -0.15) is 0 Å². The van der Waals surface area contributed by atoms with Crippen molar-refractivity contribution in [3.8, 4) is 0 Å². The zero-order valence-corrected chi connectivity index (χ0v) is 70.3. The standard InChI is InChI=1S/4C19H36N2O5/c4*1-9-25-15(23)11-13-18(5,6)20-14(22)10-12-19(7,8)21-16(24)26-17(2,3)4/h4*9-13H2,1-8H3,(H,20,22)(H,21,24). The Morgan fingerprint density at radius 1 is 0.202 bits per heavy atom. The van der Waals surface area contributed by atoms with Crippen molar-refractivity contribution in [3.05, 3.63) is 0 Å². The van der Waals surface area contributed by atoms with Gasteiger partial charge in [-0.1, -0.05) is 0 Å². The summed E-state index contributed by atoms with van der Waals surface area (Å²) in [5.41, 5.74) is -6.60. The van der Waals surface area contributed by atoms with Crippen molar-refractivity contribution in [1.29, 1.82) is 0 Å². The van der Waals surface area contributed by atoms with E-state index < -0.39 is 91.1 Å². The minimum absolute atomic E-state index is 0.127. The van der Waals surface area contributed by atoms with Crippen LogP contribution in [0.3, 0.4) is 0 Å². The van der Waals surface area contributed by atoms with Crippen LogP contribution in [0.4, 0.5) is 19.2 Å². The Morgan fingerprint density at radius 2 is 0.327 bits per heavy atom. The van der Waals surface area contributed by atoms with E-state index in [0.29, 0.717) is 77.8 Å². The number of rotatable bonds is 36. The molecular formula is C76H144N8O20. The Bertz CT molecular complexity index is 2330. The average molecular weight is 1490 g/mol. The summed E-state index contributed by atoms with van der Waals surface area (Å²) >= 11 is 0. The van der Waals surface area contributed by atoms with Crippen LogP contribution < -0.4 is 42.5 Å². The van der Waals surface area contributed by atoms with Crippen LogP contribution in [0.25, 0.3) is 0 Å². The second-order valence-electron chi connectivity index (χ2n) is 35.0. The highest BCUT2D eigenvalue weighted by Crippen LogP contribution is 2.22. The van der Waals surface area contributed by atoms with E-state index in [1.54, 1.807) is 111 Å². The van der Waals surface area contributed by atoms with Crippen molar-refractivity contribution in [2.24, 2.45) is 0 Å². The van der Waals surface area contributed by atoms with E-state index >= 15 is 0 Å². The first kappa shape index (κ1) is 103. The molecule has 0 aromatic heterocycles. The van der Waals surface area contributed by atoms with Crippen LogP contribution in [-0.2, 0) is 76.3 Å². The number of alkyl carbamates (subject to hydrolysis) is 4. The number of amides is 8. The average Bonchev–Trinajstić information content (AvgIpc) is 0.899. The first-order valence-electron chi connectivity index (χ1n) is 36.5. The maximum atomic E-state index is 12.2. The number of hydrogen-bond acceptors (Lipinski definition) is 20. The number of nitrogens with one attached hydrogen (secondary N) is 8. The molecule has 0 heterocycles. The van der Waals surface area contributed by atoms with Crippen LogP contribution in [-0.4, -0.2) is 165 Å². The fourth-order valence-corrected chi connectivity index (χ4v) is 8.87. The first-order chi connectivity index (χ1) is 46.6. The van der Waals surface area contributed by atoms with E-state index in [9.17, 15) is 57.5 Å². The zero-order chi connectivity index (χ0) is 82.4. The molecular weight excluding hydrogens is 1340 g/mol. The lowest BCUT2D eigenvalue weighted by molar-refractivity contribution is -0.144. The molecule has 8 N–H and O–H groups in total. The molecule has 0 saturated heterocycles. The highest BCUT2D eigenvalue weighted by Gasteiger charge is 2.33. The lowest BCUT2D eigenvalue weighted by Crippen LogP contribution is -2.48. The molecule has 0 spiro atoms. The van der Waals surface area contributed by atoms with Gasteiger partial charge < -0.3 is 80.4 Å². The summed E-state index contributed by atoms with van der Waals surface area (Å²) in [5, 5.41) is 22.8. The van der Waals surface area contributed by atoms with Gasteiger partial charge in [-0.05, 0) is 273 Å². The Kier molecular flexibility index (Phi) is 45.7. The summed E-state index contributed by atoms with van der Waals surface area (Å²) in [7, 11) is 0. The quantitative estimate of drug-likeness (QED) is 0.0213. The number of hydrogen-bond donors (Lipinski definition) is 8. The van der Waals surface area contributed by atoms with Crippen molar-refractivity contribution in [3.63, 3.8) is 0 Å². The number of carbonyl (C=O) groups is 12. The Labute approximate surface area is 624 Å². The Balaban J connectivity index is -0.000000641. The minimum atomic E-state index is -0.575. The molecule has 8 amide bonds. The second-order valence-corrected chi connectivity index (χ2v) is 35.0. The van der Waals surface area contributed by atoms with Gasteiger partial charge in [-0.25, -0.2) is 19.2 Å². The third-order valence-corrected chi connectivity index (χ3v) is 14.2. The van der Waals surface area contributed by atoms with Crippen LogP contribution in [0.15, 0.2) is 0 Å². The summed E-state index contributed by atoms with van der Waals surface area (Å²) in [4.78, 5) is 142. The topological polar surface area (TPSA) is 375 Å². The van der Waals surface area contributed by atoms with Gasteiger partial charge >= 0.3 is 48.3 Å². The smallest absolute Gasteiger partial charge is 0.408 e. The predicted octanol–water partition coefficient (Wildman–Crippen LogP) is 13.2. The van der Waals surface area contributed by atoms with E-state index in [4.69, 9.17) is 37.9 Å². The predicted molar refractivity (Wildman–Crippen MR) is 403 cm³/mol. The molecule has 0 aliphatic carbocycles. The molecule has 0 unspecified atom stereocenters. The van der Waals surface area contributed by atoms with Crippen LogP contribution in [0.1, 0.15) is 324 Å². The van der Waals surface area contributed by atoms with E-state index in [-0.39, 0.29) is 98.9 Å². The lowest BCUT2D eigenvalue weighted by atomic mass is 9.95. The molecule has 104 heavy (non-hydrogen) atoms. The third kappa shape index (κ3) is 65.6. The maximum Gasteiger partial charge on any atom is 0.408 e. The van der Waals surface area contributed by atoms with Crippen molar-refractivity contribution >= 4 is 71.9 Å². The van der Waals surface area contributed by atoms with Gasteiger partial charge in [0.05, 0.1) is 26.4 Å². The maximum absolute atomic E-state index is 12.2. The van der Waals surface area contributed by atoms with Gasteiger partial charge in [0.25, 0.3) is 0 Å². The SMILES string of the molecule is CCOC(=O)CCC(C)(C)NC(=O)CCC(C)(C)NC(=O)OC(C)(C)C.CCOC(=O)CCC(C)(C)NC(=O)CCC(C)(C)NC(=O)OC(C)(C)C.CCOC(=O)CCC(C)(C)NC(=O)CCC(C)(C)NC(=O)OC(C)(C)C.CCOC(=O)CCC(C)(C)NC(=O)CCC(C)(C)NC(=O)OC(C)(C)C. The second kappa shape index (κ2) is 46.0. The molecule has 0 aromatic carbocycles. The van der Waals surface area contributed by atoms with Crippen molar-refractivity contribution < 1.29 is 95.4 Å². The van der Waals surface area contributed by atoms with Crippen LogP contribution in [0.2, 0.25) is 0 Å². The largest absolute Gasteiger partial charge is 0.466 e. The molecule has 0 atom stereocenters. The van der Waals surface area contributed by atoms with Gasteiger partial charge in [0.2, 0.25) is 23.6 Å². The van der Waals surface area contributed by atoms with E-state index in [1.807, 2.05) is 111 Å². The zero-order valence-electron chi connectivity index (χ0n) is 70.3. The number of carbonyl (C=O) groups excluding carboxylic acids is 12. The summed E-state index contributed by atoms with van der Waals surface area (Å²) in [5.74, 6) is -1.57. The molecule has 0 aliphatic heterocycles. The van der Waals surface area contributed by atoms with Gasteiger partial charge in [-0.3, -0.25) is 38.4 Å². The highest BCUT2D eigenvalue weighted by atomic mass is 16.6.